The number of nitrogens with one attached hydrogen (secondary N) is 1. The van der Waals surface area contributed by atoms with Gasteiger partial charge in [0.05, 0.1) is 5.56 Å². The van der Waals surface area contributed by atoms with Crippen LogP contribution in [0.25, 0.3) is 5.69 Å². The highest BCUT2D eigenvalue weighted by atomic mass is 79.9. The van der Waals surface area contributed by atoms with Crippen molar-refractivity contribution in [1.29, 1.82) is 0 Å². The first-order valence-electron chi connectivity index (χ1n) is 7.39. The first kappa shape index (κ1) is 16.8. The summed E-state index contributed by atoms with van der Waals surface area (Å²) in [4.78, 5) is 12.3. The molecule has 0 spiro atoms. The summed E-state index contributed by atoms with van der Waals surface area (Å²) in [6, 6.07) is 10.1. The zero-order valence-corrected chi connectivity index (χ0v) is 14.8. The van der Waals surface area contributed by atoms with Gasteiger partial charge < -0.3 is 15.6 Å². The van der Waals surface area contributed by atoms with Gasteiger partial charge in [-0.05, 0) is 51.5 Å². The largest absolute Gasteiger partial charge is 0.352 e. The van der Waals surface area contributed by atoms with Crippen LogP contribution in [0.4, 0.5) is 0 Å². The van der Waals surface area contributed by atoms with Crippen molar-refractivity contribution < 1.29 is 4.79 Å². The highest BCUT2D eigenvalue weighted by Gasteiger charge is 2.16. The lowest BCUT2D eigenvalue weighted by Gasteiger charge is -2.11. The number of benzene rings is 1. The van der Waals surface area contributed by atoms with Crippen LogP contribution in [0.3, 0.4) is 0 Å². The molecule has 4 nitrogen and oxygen atoms in total. The first-order valence-corrected chi connectivity index (χ1v) is 8.18. The lowest BCUT2D eigenvalue weighted by atomic mass is 10.2. The molecule has 1 heterocycles. The maximum atomic E-state index is 12.3. The second kappa shape index (κ2) is 7.11. The van der Waals surface area contributed by atoms with E-state index in [1.807, 2.05) is 51.1 Å². The SMILES string of the molecule is Cc1cc(C(=O)NCCC(C)N)c(C)n1-c1cccc(Br)c1. The highest BCUT2D eigenvalue weighted by molar-refractivity contribution is 9.10. The number of carbonyl (C=O) groups excluding carboxylic acids is 1. The number of hydrogen-bond acceptors (Lipinski definition) is 2. The Hall–Kier alpha value is -1.59. The fourth-order valence-electron chi connectivity index (χ4n) is 2.51. The van der Waals surface area contributed by atoms with Crippen LogP contribution >= 0.6 is 15.9 Å². The molecular weight excluding hydrogens is 342 g/mol. The molecule has 5 heteroatoms. The molecule has 0 aliphatic heterocycles. The minimum absolute atomic E-state index is 0.0463. The van der Waals surface area contributed by atoms with E-state index in [9.17, 15) is 4.79 Å². The number of hydrogen-bond donors (Lipinski definition) is 2. The van der Waals surface area contributed by atoms with Crippen molar-refractivity contribution in [2.45, 2.75) is 33.2 Å². The van der Waals surface area contributed by atoms with Crippen LogP contribution in [0.15, 0.2) is 34.8 Å². The Balaban J connectivity index is 2.25. The molecule has 0 aliphatic rings. The Morgan fingerprint density at radius 3 is 2.73 bits per heavy atom. The number of amides is 1. The molecule has 0 aliphatic carbocycles. The van der Waals surface area contributed by atoms with Crippen LogP contribution in [0.2, 0.25) is 0 Å². The standard InChI is InChI=1S/C17H22BrN3O/c1-11(19)7-8-20-17(22)16-9-12(2)21(13(16)3)15-6-4-5-14(18)10-15/h4-6,9-11H,7-8,19H2,1-3H3,(H,20,22). The van der Waals surface area contributed by atoms with Gasteiger partial charge in [-0.2, -0.15) is 0 Å². The number of aromatic nitrogens is 1. The third kappa shape index (κ3) is 3.78. The summed E-state index contributed by atoms with van der Waals surface area (Å²) in [5, 5.41) is 2.93. The van der Waals surface area contributed by atoms with Gasteiger partial charge in [-0.25, -0.2) is 0 Å². The van der Waals surface area contributed by atoms with Crippen molar-refractivity contribution in [3.63, 3.8) is 0 Å². The minimum atomic E-state index is -0.0463. The van der Waals surface area contributed by atoms with Crippen LogP contribution in [0, 0.1) is 13.8 Å². The van der Waals surface area contributed by atoms with Gasteiger partial charge in [-0.1, -0.05) is 22.0 Å². The molecule has 22 heavy (non-hydrogen) atoms. The van der Waals surface area contributed by atoms with E-state index in [4.69, 9.17) is 5.73 Å². The topological polar surface area (TPSA) is 60.1 Å². The summed E-state index contributed by atoms with van der Waals surface area (Å²) in [5.41, 5.74) is 9.43. The van der Waals surface area contributed by atoms with E-state index in [1.165, 1.54) is 0 Å². The third-order valence-corrected chi connectivity index (χ3v) is 4.12. The second-order valence-electron chi connectivity index (χ2n) is 5.62. The smallest absolute Gasteiger partial charge is 0.253 e. The summed E-state index contributed by atoms with van der Waals surface area (Å²) in [7, 11) is 0. The van der Waals surface area contributed by atoms with Gasteiger partial charge in [0.1, 0.15) is 0 Å². The van der Waals surface area contributed by atoms with Crippen molar-refractivity contribution in [3.05, 3.63) is 51.8 Å². The molecule has 0 fully saturated rings. The zero-order valence-electron chi connectivity index (χ0n) is 13.2. The Kier molecular flexibility index (Phi) is 5.42. The van der Waals surface area contributed by atoms with Gasteiger partial charge >= 0.3 is 0 Å². The number of nitrogens with zero attached hydrogens (tertiary/aromatic N) is 1. The minimum Gasteiger partial charge on any atom is -0.352 e. The number of rotatable bonds is 5. The molecule has 0 radical (unpaired) electrons. The molecule has 118 valence electrons. The van der Waals surface area contributed by atoms with Gasteiger partial charge in [-0.3, -0.25) is 4.79 Å². The molecule has 0 saturated heterocycles. The van der Waals surface area contributed by atoms with E-state index in [2.05, 4.69) is 25.8 Å². The van der Waals surface area contributed by atoms with Gasteiger partial charge in [0.2, 0.25) is 0 Å². The van der Waals surface area contributed by atoms with Crippen molar-refractivity contribution in [2.75, 3.05) is 6.54 Å². The van der Waals surface area contributed by atoms with E-state index < -0.39 is 0 Å². The Labute approximate surface area is 139 Å². The maximum absolute atomic E-state index is 12.3. The summed E-state index contributed by atoms with van der Waals surface area (Å²) in [6.45, 7) is 6.50. The highest BCUT2D eigenvalue weighted by Crippen LogP contribution is 2.23. The lowest BCUT2D eigenvalue weighted by molar-refractivity contribution is 0.0952. The fraction of sp³-hybridized carbons (Fsp3) is 0.353. The van der Waals surface area contributed by atoms with E-state index in [1.54, 1.807) is 0 Å². The zero-order chi connectivity index (χ0) is 16.3. The molecule has 0 saturated carbocycles. The van der Waals surface area contributed by atoms with E-state index in [0.717, 1.165) is 28.0 Å². The second-order valence-corrected chi connectivity index (χ2v) is 6.54. The maximum Gasteiger partial charge on any atom is 0.253 e. The predicted molar refractivity (Wildman–Crippen MR) is 93.5 cm³/mol. The number of halogens is 1. The van der Waals surface area contributed by atoms with Crippen molar-refractivity contribution in [3.8, 4) is 5.69 Å². The number of carbonyl (C=O) groups is 1. The third-order valence-electron chi connectivity index (χ3n) is 3.63. The molecule has 1 amide bonds. The predicted octanol–water partition coefficient (Wildman–Crippen LogP) is 3.32. The first-order chi connectivity index (χ1) is 10.4. The van der Waals surface area contributed by atoms with Crippen molar-refractivity contribution >= 4 is 21.8 Å². The molecule has 0 bridgehead atoms. The quantitative estimate of drug-likeness (QED) is 0.855. The summed E-state index contributed by atoms with van der Waals surface area (Å²) in [5.74, 6) is -0.0463. The number of nitrogens with two attached hydrogens (primary N) is 1. The molecule has 1 unspecified atom stereocenters. The Morgan fingerprint density at radius 2 is 2.09 bits per heavy atom. The summed E-state index contributed by atoms with van der Waals surface area (Å²) in [6.07, 6.45) is 0.774. The fourth-order valence-corrected chi connectivity index (χ4v) is 2.90. The Bertz CT molecular complexity index is 677. The van der Waals surface area contributed by atoms with Crippen LogP contribution in [-0.4, -0.2) is 23.1 Å². The van der Waals surface area contributed by atoms with Crippen LogP contribution in [0.5, 0.6) is 0 Å². The van der Waals surface area contributed by atoms with Crippen LogP contribution in [-0.2, 0) is 0 Å². The summed E-state index contributed by atoms with van der Waals surface area (Å²) >= 11 is 3.49. The molecule has 1 aromatic carbocycles. The molecule has 2 rings (SSSR count). The average Bonchev–Trinajstić information content (AvgIpc) is 2.73. The molecule has 2 aromatic rings. The van der Waals surface area contributed by atoms with Gasteiger partial charge in [0, 0.05) is 34.1 Å². The monoisotopic (exact) mass is 363 g/mol. The van der Waals surface area contributed by atoms with Crippen LogP contribution in [0.1, 0.15) is 35.1 Å². The van der Waals surface area contributed by atoms with E-state index >= 15 is 0 Å². The molecule has 3 N–H and O–H groups in total. The van der Waals surface area contributed by atoms with Gasteiger partial charge in [0.15, 0.2) is 0 Å². The molecule has 1 aromatic heterocycles. The van der Waals surface area contributed by atoms with Gasteiger partial charge in [0.25, 0.3) is 5.91 Å². The van der Waals surface area contributed by atoms with Crippen molar-refractivity contribution in [2.24, 2.45) is 5.73 Å². The average molecular weight is 364 g/mol. The van der Waals surface area contributed by atoms with Crippen molar-refractivity contribution in [1.82, 2.24) is 9.88 Å². The van der Waals surface area contributed by atoms with E-state index in [0.29, 0.717) is 12.1 Å². The normalized spacial score (nSPS) is 12.2. The van der Waals surface area contributed by atoms with E-state index in [-0.39, 0.29) is 11.9 Å². The lowest BCUT2D eigenvalue weighted by Crippen LogP contribution is -2.29. The molecule has 1 atom stereocenters. The number of aryl methyl sites for hydroxylation is 1. The Morgan fingerprint density at radius 1 is 1.36 bits per heavy atom. The summed E-state index contributed by atoms with van der Waals surface area (Å²) < 4.78 is 3.10. The molecular formula is C17H22BrN3O. The van der Waals surface area contributed by atoms with Gasteiger partial charge in [-0.15, -0.1) is 0 Å². The van der Waals surface area contributed by atoms with Crippen LogP contribution < -0.4 is 11.1 Å².